The van der Waals surface area contributed by atoms with Crippen molar-refractivity contribution in [2.45, 2.75) is 26.3 Å². The molecule has 4 heteroatoms. The molecule has 1 rings (SSSR count). The summed E-state index contributed by atoms with van der Waals surface area (Å²) in [5.41, 5.74) is 1.14. The van der Waals surface area contributed by atoms with Gasteiger partial charge in [-0.05, 0) is 44.0 Å². The van der Waals surface area contributed by atoms with Crippen molar-refractivity contribution in [3.8, 4) is 0 Å². The monoisotopic (exact) mass is 242 g/mol. The molecule has 0 fully saturated rings. The van der Waals surface area contributed by atoms with E-state index in [1.54, 1.807) is 0 Å². The Morgan fingerprint density at radius 3 is 2.12 bits per heavy atom. The van der Waals surface area contributed by atoms with Crippen LogP contribution >= 0.6 is 0 Å². The van der Waals surface area contributed by atoms with Gasteiger partial charge in [0.05, 0.1) is 0 Å². The molecule has 0 heterocycles. The number of halogens is 1. The molecule has 0 atom stereocenters. The van der Waals surface area contributed by atoms with Gasteiger partial charge in [0.2, 0.25) is 0 Å². The van der Waals surface area contributed by atoms with E-state index in [9.17, 15) is 4.39 Å². The second-order valence-corrected chi connectivity index (χ2v) is 5.61. The highest BCUT2D eigenvalue weighted by atomic mass is 28.3. The summed E-state index contributed by atoms with van der Waals surface area (Å²) in [5, 5.41) is 0. The van der Waals surface area contributed by atoms with Crippen LogP contribution in [0.25, 0.3) is 0 Å². The first-order chi connectivity index (χ1) is 7.76. The van der Waals surface area contributed by atoms with Crippen molar-refractivity contribution in [3.05, 3.63) is 35.6 Å². The molecule has 1 aromatic carbocycles. The molecule has 0 radical (unpaired) electrons. The topological polar surface area (TPSA) is 18.5 Å². The zero-order valence-electron chi connectivity index (χ0n) is 9.91. The number of benzene rings is 1. The molecule has 0 bridgehead atoms. The Bertz CT molecular complexity index is 284. The van der Waals surface area contributed by atoms with Crippen LogP contribution in [0.1, 0.15) is 19.4 Å². The van der Waals surface area contributed by atoms with Crippen LogP contribution in [0.4, 0.5) is 4.39 Å². The average Bonchev–Trinajstić information content (AvgIpc) is 2.29. The van der Waals surface area contributed by atoms with Gasteiger partial charge in [0.25, 0.3) is 0 Å². The molecule has 1 aromatic rings. The summed E-state index contributed by atoms with van der Waals surface area (Å²) in [6, 6.07) is 7.56. The number of hydrogen-bond acceptors (Lipinski definition) is 2. The van der Waals surface area contributed by atoms with Gasteiger partial charge in [0.15, 0.2) is 0 Å². The maximum absolute atomic E-state index is 12.7. The first-order valence-electron chi connectivity index (χ1n) is 5.74. The van der Waals surface area contributed by atoms with Crippen molar-refractivity contribution in [3.63, 3.8) is 0 Å². The van der Waals surface area contributed by atoms with Gasteiger partial charge >= 0.3 is 9.28 Å². The lowest BCUT2D eigenvalue weighted by Gasteiger charge is -2.14. The lowest BCUT2D eigenvalue weighted by Crippen LogP contribution is -2.23. The Balaban J connectivity index is 2.38. The van der Waals surface area contributed by atoms with Crippen LogP contribution in [0.15, 0.2) is 24.3 Å². The first kappa shape index (κ1) is 13.4. The van der Waals surface area contributed by atoms with Gasteiger partial charge in [0, 0.05) is 13.2 Å². The fourth-order valence-corrected chi connectivity index (χ4v) is 3.26. The van der Waals surface area contributed by atoms with Gasteiger partial charge < -0.3 is 8.85 Å². The minimum absolute atomic E-state index is 0.188. The minimum atomic E-state index is -1.51. The Hall–Kier alpha value is -0.713. The fraction of sp³-hybridized carbons (Fsp3) is 0.500. The van der Waals surface area contributed by atoms with Gasteiger partial charge in [-0.3, -0.25) is 0 Å². The summed E-state index contributed by atoms with van der Waals surface area (Å²) in [6.45, 7) is 5.38. The Labute approximate surface area is 98.2 Å². The standard InChI is InChI=1S/C12H19FO2Si/c1-3-14-16(15-4-2)10-9-11-5-7-12(13)8-6-11/h5-8,16H,3-4,9-10H2,1-2H3. The molecule has 0 aromatic heterocycles. The van der Waals surface area contributed by atoms with Crippen LogP contribution < -0.4 is 0 Å². The third-order valence-electron chi connectivity index (χ3n) is 2.29. The summed E-state index contributed by atoms with van der Waals surface area (Å²) in [4.78, 5) is 0. The van der Waals surface area contributed by atoms with Crippen LogP contribution in [0, 0.1) is 5.82 Å². The molecular formula is C12H19FO2Si. The summed E-state index contributed by atoms with van der Waals surface area (Å²) in [7, 11) is -1.51. The summed E-state index contributed by atoms with van der Waals surface area (Å²) >= 11 is 0. The maximum Gasteiger partial charge on any atom is 0.321 e. The predicted octanol–water partition coefficient (Wildman–Crippen LogP) is 2.66. The van der Waals surface area contributed by atoms with Gasteiger partial charge in [-0.1, -0.05) is 12.1 Å². The van der Waals surface area contributed by atoms with E-state index < -0.39 is 9.28 Å². The van der Waals surface area contributed by atoms with E-state index in [1.165, 1.54) is 12.1 Å². The second kappa shape index (κ2) is 7.54. The minimum Gasteiger partial charge on any atom is -0.397 e. The molecule has 0 aliphatic rings. The van der Waals surface area contributed by atoms with Crippen molar-refractivity contribution < 1.29 is 13.2 Å². The third-order valence-corrected chi connectivity index (χ3v) is 4.46. The van der Waals surface area contributed by atoms with Gasteiger partial charge in [-0.2, -0.15) is 0 Å². The van der Waals surface area contributed by atoms with Crippen LogP contribution in [-0.2, 0) is 15.3 Å². The van der Waals surface area contributed by atoms with Crippen LogP contribution in [-0.4, -0.2) is 22.5 Å². The van der Waals surface area contributed by atoms with E-state index in [1.807, 2.05) is 26.0 Å². The molecule has 0 saturated heterocycles. The third kappa shape index (κ3) is 4.87. The molecule has 0 amide bonds. The summed E-state index contributed by atoms with van der Waals surface area (Å²) < 4.78 is 23.8. The molecule has 2 nitrogen and oxygen atoms in total. The van der Waals surface area contributed by atoms with Gasteiger partial charge in [-0.25, -0.2) is 4.39 Å². The van der Waals surface area contributed by atoms with E-state index in [0.717, 1.165) is 18.0 Å². The molecule has 0 saturated carbocycles. The van der Waals surface area contributed by atoms with Crippen molar-refractivity contribution in [1.82, 2.24) is 0 Å². The van der Waals surface area contributed by atoms with Gasteiger partial charge in [0.1, 0.15) is 5.82 Å². The highest BCUT2D eigenvalue weighted by molar-refractivity contribution is 6.44. The molecule has 0 spiro atoms. The molecule has 0 aliphatic carbocycles. The Morgan fingerprint density at radius 2 is 1.62 bits per heavy atom. The van der Waals surface area contributed by atoms with Crippen molar-refractivity contribution >= 4 is 9.28 Å². The summed E-state index contributed by atoms with van der Waals surface area (Å²) in [6.07, 6.45) is 0.900. The second-order valence-electron chi connectivity index (χ2n) is 3.51. The Kier molecular flexibility index (Phi) is 6.29. The first-order valence-corrected chi connectivity index (χ1v) is 7.49. The van der Waals surface area contributed by atoms with Crippen molar-refractivity contribution in [2.24, 2.45) is 0 Å². The van der Waals surface area contributed by atoms with E-state index >= 15 is 0 Å². The normalized spacial score (nSPS) is 11.0. The van der Waals surface area contributed by atoms with Crippen LogP contribution in [0.2, 0.25) is 6.04 Å². The quantitative estimate of drug-likeness (QED) is 0.684. The molecule has 90 valence electrons. The molecule has 0 N–H and O–H groups in total. The number of rotatable bonds is 7. The smallest absolute Gasteiger partial charge is 0.321 e. The molecule has 16 heavy (non-hydrogen) atoms. The predicted molar refractivity (Wildman–Crippen MR) is 65.3 cm³/mol. The molecule has 0 unspecified atom stereocenters. The fourth-order valence-electron chi connectivity index (χ4n) is 1.52. The van der Waals surface area contributed by atoms with E-state index in [0.29, 0.717) is 13.2 Å². The maximum atomic E-state index is 12.7. The van der Waals surface area contributed by atoms with E-state index in [-0.39, 0.29) is 5.82 Å². The van der Waals surface area contributed by atoms with Crippen LogP contribution in [0.5, 0.6) is 0 Å². The number of aryl methyl sites for hydroxylation is 1. The zero-order chi connectivity index (χ0) is 11.8. The highest BCUT2D eigenvalue weighted by Gasteiger charge is 2.11. The molecular weight excluding hydrogens is 223 g/mol. The van der Waals surface area contributed by atoms with E-state index in [2.05, 4.69) is 0 Å². The summed E-state index contributed by atoms with van der Waals surface area (Å²) in [5.74, 6) is -0.188. The van der Waals surface area contributed by atoms with Crippen molar-refractivity contribution in [2.75, 3.05) is 13.2 Å². The highest BCUT2D eigenvalue weighted by Crippen LogP contribution is 2.08. The van der Waals surface area contributed by atoms with Crippen molar-refractivity contribution in [1.29, 1.82) is 0 Å². The van der Waals surface area contributed by atoms with Gasteiger partial charge in [-0.15, -0.1) is 0 Å². The Morgan fingerprint density at radius 1 is 1.06 bits per heavy atom. The zero-order valence-corrected chi connectivity index (χ0v) is 11.1. The number of hydrogen-bond donors (Lipinski definition) is 0. The van der Waals surface area contributed by atoms with Crippen LogP contribution in [0.3, 0.4) is 0 Å². The lowest BCUT2D eigenvalue weighted by atomic mass is 10.2. The molecule has 0 aliphatic heterocycles. The average molecular weight is 242 g/mol. The SMILES string of the molecule is CCO[SiH](CCc1ccc(F)cc1)OCC. The van der Waals surface area contributed by atoms with E-state index in [4.69, 9.17) is 8.85 Å². The lowest BCUT2D eigenvalue weighted by molar-refractivity contribution is 0.213. The largest absolute Gasteiger partial charge is 0.397 e.